The normalized spacial score (nSPS) is 15.2. The van der Waals surface area contributed by atoms with Crippen LogP contribution in [0, 0.1) is 0 Å². The Balaban J connectivity index is 1.87. The number of nitrogens with one attached hydrogen (secondary N) is 1. The molecule has 0 spiro atoms. The molecule has 0 unspecified atom stereocenters. The van der Waals surface area contributed by atoms with E-state index >= 15 is 0 Å². The lowest BCUT2D eigenvalue weighted by Crippen LogP contribution is -2.41. The summed E-state index contributed by atoms with van der Waals surface area (Å²) in [5.41, 5.74) is -0.329. The monoisotopic (exact) mass is 369 g/mol. The van der Waals surface area contributed by atoms with Crippen molar-refractivity contribution >= 4 is 35.1 Å². The Labute approximate surface area is 147 Å². The van der Waals surface area contributed by atoms with Gasteiger partial charge >= 0.3 is 11.6 Å². The Morgan fingerprint density at radius 1 is 1.12 bits per heavy atom. The first kappa shape index (κ1) is 16.7. The van der Waals surface area contributed by atoms with Crippen LogP contribution in [0.3, 0.4) is 0 Å². The number of halogens is 2. The first-order valence-corrected chi connectivity index (χ1v) is 7.79. The molecule has 126 valence electrons. The summed E-state index contributed by atoms with van der Waals surface area (Å²) in [5, 5.41) is 3.94. The fraction of sp³-hybridized carbons (Fsp3) is 0.250. The van der Waals surface area contributed by atoms with Crippen LogP contribution < -0.4 is 15.7 Å². The Morgan fingerprint density at radius 3 is 2.58 bits per heavy atom. The minimum Gasteiger partial charge on any atom is -0.451 e. The first-order valence-electron chi connectivity index (χ1n) is 7.03. The van der Waals surface area contributed by atoms with Gasteiger partial charge in [0.1, 0.15) is 0 Å². The Morgan fingerprint density at radius 2 is 1.88 bits per heavy atom. The van der Waals surface area contributed by atoms with E-state index in [4.69, 9.17) is 37.1 Å². The second kappa shape index (κ2) is 6.03. The molecule has 1 aliphatic rings. The zero-order chi connectivity index (χ0) is 17.5. The lowest BCUT2D eigenvalue weighted by atomic mass is 10.2. The van der Waals surface area contributed by atoms with Crippen LogP contribution in [0.5, 0.6) is 5.75 Å². The molecule has 0 saturated heterocycles. The number of hydrogen-bond donors (Lipinski definition) is 1. The van der Waals surface area contributed by atoms with Gasteiger partial charge < -0.3 is 19.2 Å². The van der Waals surface area contributed by atoms with Crippen molar-refractivity contribution in [3.63, 3.8) is 0 Å². The molecule has 6 nitrogen and oxygen atoms in total. The molecule has 1 aromatic carbocycles. The molecule has 0 saturated carbocycles. The van der Waals surface area contributed by atoms with Crippen molar-refractivity contribution in [1.29, 1.82) is 0 Å². The average molecular weight is 370 g/mol. The fourth-order valence-corrected chi connectivity index (χ4v) is 2.71. The summed E-state index contributed by atoms with van der Waals surface area (Å²) >= 11 is 11.9. The molecule has 0 bridgehead atoms. The smallest absolute Gasteiger partial charge is 0.356 e. The number of carbonyl (C=O) groups excluding carboxylic acids is 1. The summed E-state index contributed by atoms with van der Waals surface area (Å²) in [7, 11) is 0. The lowest BCUT2D eigenvalue weighted by molar-refractivity contribution is -0.128. The zero-order valence-corrected chi connectivity index (χ0v) is 14.3. The first-order chi connectivity index (χ1) is 11.2. The van der Waals surface area contributed by atoms with E-state index in [2.05, 4.69) is 5.32 Å². The van der Waals surface area contributed by atoms with Gasteiger partial charge in [-0.25, -0.2) is 9.59 Å². The molecule has 0 atom stereocenters. The molecule has 1 aromatic heterocycles. The Kier molecular flexibility index (Phi) is 4.19. The van der Waals surface area contributed by atoms with Crippen molar-refractivity contribution in [2.24, 2.45) is 0 Å². The number of rotatable bonds is 3. The van der Waals surface area contributed by atoms with Crippen LogP contribution in [0.2, 0.25) is 10.0 Å². The van der Waals surface area contributed by atoms with Crippen LogP contribution in [0.15, 0.2) is 33.5 Å². The highest BCUT2D eigenvalue weighted by molar-refractivity contribution is 6.35. The maximum atomic E-state index is 12.0. The summed E-state index contributed by atoms with van der Waals surface area (Å²) in [6, 6.07) is 6.51. The van der Waals surface area contributed by atoms with Crippen LogP contribution in [0.1, 0.15) is 29.8 Å². The number of esters is 1. The highest BCUT2D eigenvalue weighted by Gasteiger charge is 2.37. The molecule has 24 heavy (non-hydrogen) atoms. The van der Waals surface area contributed by atoms with E-state index in [0.717, 1.165) is 5.56 Å². The summed E-state index contributed by atoms with van der Waals surface area (Å²) in [6.45, 7) is 3.44. The molecule has 1 aliphatic heterocycles. The number of hydrogen-bond acceptors (Lipinski definition) is 6. The van der Waals surface area contributed by atoms with Gasteiger partial charge in [0.15, 0.2) is 11.3 Å². The second-order valence-corrected chi connectivity index (χ2v) is 6.46. The van der Waals surface area contributed by atoms with Crippen LogP contribution in [-0.2, 0) is 11.3 Å². The molecular formula is C16H13Cl2NO5. The predicted molar refractivity (Wildman–Crippen MR) is 88.9 cm³/mol. The van der Waals surface area contributed by atoms with Gasteiger partial charge in [-0.3, -0.25) is 0 Å². The van der Waals surface area contributed by atoms with Crippen LogP contribution in [0.4, 0.5) is 5.88 Å². The zero-order valence-electron chi connectivity index (χ0n) is 12.8. The van der Waals surface area contributed by atoms with E-state index in [1.807, 2.05) is 0 Å². The van der Waals surface area contributed by atoms with Gasteiger partial charge in [-0.15, -0.1) is 0 Å². The minimum atomic E-state index is -1.16. The van der Waals surface area contributed by atoms with Gasteiger partial charge in [0, 0.05) is 36.5 Å². The number of cyclic esters (lactones) is 1. The molecule has 8 heteroatoms. The SMILES string of the molecule is CC1(C)OC(=O)c2c(cc(NCc3ccc(Cl)cc3Cl)oc2=O)O1. The number of fused-ring (bicyclic) bond motifs is 1. The molecule has 2 aromatic rings. The van der Waals surface area contributed by atoms with Crippen molar-refractivity contribution < 1.29 is 18.7 Å². The molecular weight excluding hydrogens is 357 g/mol. The van der Waals surface area contributed by atoms with Crippen LogP contribution >= 0.6 is 23.2 Å². The van der Waals surface area contributed by atoms with Gasteiger partial charge in [0.25, 0.3) is 0 Å². The predicted octanol–water partition coefficient (Wildman–Crippen LogP) is 3.84. The quantitative estimate of drug-likeness (QED) is 0.828. The van der Waals surface area contributed by atoms with Gasteiger partial charge in [-0.2, -0.15) is 0 Å². The molecule has 2 heterocycles. The van der Waals surface area contributed by atoms with E-state index < -0.39 is 17.4 Å². The van der Waals surface area contributed by atoms with Gasteiger partial charge in [-0.05, 0) is 17.7 Å². The highest BCUT2D eigenvalue weighted by Crippen LogP contribution is 2.31. The van der Waals surface area contributed by atoms with E-state index in [-0.39, 0.29) is 17.2 Å². The summed E-state index contributed by atoms with van der Waals surface area (Å²) < 4.78 is 15.6. The summed E-state index contributed by atoms with van der Waals surface area (Å²) in [5.74, 6) is -1.68. The second-order valence-electron chi connectivity index (χ2n) is 5.62. The number of carbonyl (C=O) groups is 1. The summed E-state index contributed by atoms with van der Waals surface area (Å²) in [4.78, 5) is 23.9. The third-order valence-electron chi connectivity index (χ3n) is 3.28. The molecule has 0 amide bonds. The van der Waals surface area contributed by atoms with Gasteiger partial charge in [0.05, 0.1) is 0 Å². The van der Waals surface area contributed by atoms with Crippen LogP contribution in [-0.4, -0.2) is 11.8 Å². The molecule has 0 radical (unpaired) electrons. The lowest BCUT2D eigenvalue weighted by Gasteiger charge is -2.30. The maximum Gasteiger partial charge on any atom is 0.356 e. The third-order valence-corrected chi connectivity index (χ3v) is 3.87. The van der Waals surface area contributed by atoms with Crippen molar-refractivity contribution in [2.45, 2.75) is 26.2 Å². The van der Waals surface area contributed by atoms with Crippen LogP contribution in [0.25, 0.3) is 0 Å². The third kappa shape index (κ3) is 3.34. The number of ether oxygens (including phenoxy) is 2. The van der Waals surface area contributed by atoms with E-state index in [0.29, 0.717) is 16.6 Å². The fourth-order valence-electron chi connectivity index (χ4n) is 2.23. The highest BCUT2D eigenvalue weighted by atomic mass is 35.5. The van der Waals surface area contributed by atoms with Crippen molar-refractivity contribution in [3.05, 3.63) is 55.9 Å². The topological polar surface area (TPSA) is 77.8 Å². The standard InChI is InChI=1S/C16H13Cl2NO5/c1-16(2)23-11-6-12(22-14(20)13(11)15(21)24-16)19-7-8-3-4-9(17)5-10(8)18/h3-6,19H,7H2,1-2H3. The maximum absolute atomic E-state index is 12.0. The Hall–Kier alpha value is -2.18. The van der Waals surface area contributed by atoms with Gasteiger partial charge in [0.2, 0.25) is 11.7 Å². The number of anilines is 1. The molecule has 3 rings (SSSR count). The number of benzene rings is 1. The van der Waals surface area contributed by atoms with E-state index in [1.54, 1.807) is 32.0 Å². The minimum absolute atomic E-state index is 0.109. The van der Waals surface area contributed by atoms with Crippen molar-refractivity contribution in [3.8, 4) is 5.75 Å². The van der Waals surface area contributed by atoms with E-state index in [9.17, 15) is 9.59 Å². The molecule has 0 aliphatic carbocycles. The Bertz CT molecular complexity index is 875. The molecule has 0 fully saturated rings. The molecule has 1 N–H and O–H groups in total. The van der Waals surface area contributed by atoms with Gasteiger partial charge in [-0.1, -0.05) is 29.3 Å². The summed E-state index contributed by atoms with van der Waals surface area (Å²) in [6.07, 6.45) is 0. The van der Waals surface area contributed by atoms with Crippen molar-refractivity contribution in [1.82, 2.24) is 0 Å². The average Bonchev–Trinajstić information content (AvgIpc) is 2.43. The van der Waals surface area contributed by atoms with E-state index in [1.165, 1.54) is 6.07 Å². The largest absolute Gasteiger partial charge is 0.451 e. The van der Waals surface area contributed by atoms with Crippen molar-refractivity contribution in [2.75, 3.05) is 5.32 Å².